The van der Waals surface area contributed by atoms with Crippen molar-refractivity contribution in [3.05, 3.63) is 48.7 Å². The lowest BCUT2D eigenvalue weighted by Gasteiger charge is -2.12. The van der Waals surface area contributed by atoms with E-state index in [4.69, 9.17) is 4.42 Å². The number of amides is 3. The van der Waals surface area contributed by atoms with Gasteiger partial charge in [-0.1, -0.05) is 11.8 Å². The summed E-state index contributed by atoms with van der Waals surface area (Å²) < 4.78 is 7.29. The third kappa shape index (κ3) is 4.53. The van der Waals surface area contributed by atoms with E-state index in [-0.39, 0.29) is 0 Å². The van der Waals surface area contributed by atoms with Crippen molar-refractivity contribution in [2.24, 2.45) is 0 Å². The second kappa shape index (κ2) is 8.49. The molecule has 0 aromatic carbocycles. The predicted octanol–water partition coefficient (Wildman–Crippen LogP) is 1.92. The molecule has 0 saturated heterocycles. The molecule has 0 aliphatic carbocycles. The van der Waals surface area contributed by atoms with Crippen molar-refractivity contribution in [2.75, 3.05) is 7.05 Å². The summed E-state index contributed by atoms with van der Waals surface area (Å²) in [5.74, 6) is 0.917. The Morgan fingerprint density at radius 1 is 1.30 bits per heavy atom. The minimum absolute atomic E-state index is 0.399. The van der Waals surface area contributed by atoms with Crippen LogP contribution in [0.4, 0.5) is 4.79 Å². The molecule has 1 unspecified atom stereocenters. The third-order valence-corrected chi connectivity index (χ3v) is 4.73. The van der Waals surface area contributed by atoms with E-state index in [1.165, 1.54) is 18.8 Å². The maximum absolute atomic E-state index is 12.1. The molecule has 3 heterocycles. The van der Waals surface area contributed by atoms with Crippen molar-refractivity contribution in [1.29, 1.82) is 0 Å². The van der Waals surface area contributed by atoms with E-state index in [1.54, 1.807) is 31.6 Å². The number of pyridine rings is 1. The number of hydrogen-bond acceptors (Lipinski definition) is 7. The molecule has 3 aromatic heterocycles. The average molecular weight is 386 g/mol. The summed E-state index contributed by atoms with van der Waals surface area (Å²) in [4.78, 5) is 27.6. The Bertz CT molecular complexity index is 910. The van der Waals surface area contributed by atoms with Crippen LogP contribution in [0.1, 0.15) is 12.7 Å². The van der Waals surface area contributed by atoms with E-state index in [1.807, 2.05) is 22.8 Å². The predicted molar refractivity (Wildman–Crippen MR) is 99.0 cm³/mol. The first-order valence-corrected chi connectivity index (χ1v) is 9.01. The van der Waals surface area contributed by atoms with Gasteiger partial charge in [-0.2, -0.15) is 0 Å². The van der Waals surface area contributed by atoms with Gasteiger partial charge in [0.1, 0.15) is 5.76 Å². The van der Waals surface area contributed by atoms with Crippen molar-refractivity contribution in [2.45, 2.75) is 23.9 Å². The van der Waals surface area contributed by atoms with Gasteiger partial charge in [-0.05, 0) is 31.2 Å². The number of hydrogen-bond donors (Lipinski definition) is 2. The first kappa shape index (κ1) is 18.6. The van der Waals surface area contributed by atoms with E-state index in [2.05, 4.69) is 25.8 Å². The van der Waals surface area contributed by atoms with E-state index >= 15 is 0 Å². The SMILES string of the molecule is CNC(=O)NC(=O)C(C)Sc1nnc(-c2cccnc2)n1Cc1ccco1. The highest BCUT2D eigenvalue weighted by Crippen LogP contribution is 2.27. The van der Waals surface area contributed by atoms with Gasteiger partial charge in [-0.25, -0.2) is 4.79 Å². The fourth-order valence-electron chi connectivity index (χ4n) is 2.27. The number of carbonyl (C=O) groups excluding carboxylic acids is 2. The third-order valence-electron chi connectivity index (χ3n) is 3.65. The zero-order valence-corrected chi connectivity index (χ0v) is 15.6. The van der Waals surface area contributed by atoms with Crippen molar-refractivity contribution in [3.63, 3.8) is 0 Å². The molecule has 10 heteroatoms. The minimum atomic E-state index is -0.555. The first-order chi connectivity index (χ1) is 13.1. The Hall–Kier alpha value is -3.14. The summed E-state index contributed by atoms with van der Waals surface area (Å²) in [5.41, 5.74) is 0.797. The summed E-state index contributed by atoms with van der Waals surface area (Å²) >= 11 is 1.20. The molecule has 0 saturated carbocycles. The average Bonchev–Trinajstić information content (AvgIpc) is 3.33. The van der Waals surface area contributed by atoms with Gasteiger partial charge in [0.2, 0.25) is 5.91 Å². The molecule has 0 spiro atoms. The van der Waals surface area contributed by atoms with Crippen LogP contribution in [0.3, 0.4) is 0 Å². The second-order valence-corrected chi connectivity index (χ2v) is 6.85. The lowest BCUT2D eigenvalue weighted by atomic mass is 10.2. The number of imide groups is 1. The van der Waals surface area contributed by atoms with Crippen LogP contribution < -0.4 is 10.6 Å². The van der Waals surface area contributed by atoms with Crippen LogP contribution in [0.25, 0.3) is 11.4 Å². The Morgan fingerprint density at radius 3 is 2.81 bits per heavy atom. The molecule has 140 valence electrons. The zero-order valence-electron chi connectivity index (χ0n) is 14.7. The molecule has 0 bridgehead atoms. The molecular formula is C17H18N6O3S. The zero-order chi connectivity index (χ0) is 19.2. The minimum Gasteiger partial charge on any atom is -0.467 e. The molecule has 1 atom stereocenters. The molecule has 27 heavy (non-hydrogen) atoms. The van der Waals surface area contributed by atoms with Crippen molar-refractivity contribution >= 4 is 23.7 Å². The molecule has 3 amide bonds. The largest absolute Gasteiger partial charge is 0.467 e. The summed E-state index contributed by atoms with van der Waals surface area (Å²) in [7, 11) is 1.45. The fourth-order valence-corrected chi connectivity index (χ4v) is 3.12. The number of thioether (sulfide) groups is 1. The summed E-state index contributed by atoms with van der Waals surface area (Å²) in [6, 6.07) is 6.79. The molecule has 9 nitrogen and oxygen atoms in total. The molecule has 0 fully saturated rings. The lowest BCUT2D eigenvalue weighted by Crippen LogP contribution is -2.41. The van der Waals surface area contributed by atoms with Gasteiger partial charge in [0.15, 0.2) is 11.0 Å². The van der Waals surface area contributed by atoms with Crippen LogP contribution in [0.15, 0.2) is 52.5 Å². The number of furan rings is 1. The van der Waals surface area contributed by atoms with Crippen molar-refractivity contribution < 1.29 is 14.0 Å². The molecule has 0 aliphatic rings. The number of urea groups is 1. The number of carbonyl (C=O) groups is 2. The normalized spacial score (nSPS) is 11.8. The van der Waals surface area contributed by atoms with E-state index < -0.39 is 17.2 Å². The maximum Gasteiger partial charge on any atom is 0.321 e. The summed E-state index contributed by atoms with van der Waals surface area (Å²) in [6.45, 7) is 2.09. The molecule has 3 aromatic rings. The van der Waals surface area contributed by atoms with Crippen LogP contribution in [-0.2, 0) is 11.3 Å². The van der Waals surface area contributed by atoms with Gasteiger partial charge < -0.3 is 9.73 Å². The monoisotopic (exact) mass is 386 g/mol. The van der Waals surface area contributed by atoms with Crippen molar-refractivity contribution in [3.8, 4) is 11.4 Å². The summed E-state index contributed by atoms with van der Waals surface area (Å²) in [6.07, 6.45) is 4.96. The van der Waals surface area contributed by atoms with Crippen LogP contribution in [0.5, 0.6) is 0 Å². The summed E-state index contributed by atoms with van der Waals surface area (Å²) in [5, 5.41) is 13.1. The van der Waals surface area contributed by atoms with Crippen LogP contribution in [0.2, 0.25) is 0 Å². The number of nitrogens with zero attached hydrogens (tertiary/aromatic N) is 4. The molecular weight excluding hydrogens is 368 g/mol. The first-order valence-electron chi connectivity index (χ1n) is 8.13. The van der Waals surface area contributed by atoms with Gasteiger partial charge in [0.25, 0.3) is 0 Å². The van der Waals surface area contributed by atoms with Crippen molar-refractivity contribution in [1.82, 2.24) is 30.4 Å². The van der Waals surface area contributed by atoms with Gasteiger partial charge in [-0.3, -0.25) is 19.7 Å². The van der Waals surface area contributed by atoms with Crippen LogP contribution in [-0.4, -0.2) is 44.0 Å². The van der Waals surface area contributed by atoms with Gasteiger partial charge in [0.05, 0.1) is 18.1 Å². The Labute approximate surface area is 159 Å². The Morgan fingerprint density at radius 2 is 2.15 bits per heavy atom. The molecule has 0 aliphatic heterocycles. The van der Waals surface area contributed by atoms with Gasteiger partial charge in [-0.15, -0.1) is 10.2 Å². The topological polar surface area (TPSA) is 115 Å². The number of rotatable bonds is 6. The molecule has 2 N–H and O–H groups in total. The van der Waals surface area contributed by atoms with Gasteiger partial charge in [0, 0.05) is 25.0 Å². The standard InChI is InChI=1S/C17H18N6O3S/c1-11(15(24)20-16(25)18-2)27-17-22-21-14(12-5-3-7-19-9-12)23(17)10-13-6-4-8-26-13/h3-9,11H,10H2,1-2H3,(H2,18,20,24,25). The van der Waals surface area contributed by atoms with Crippen LogP contribution in [0, 0.1) is 0 Å². The second-order valence-electron chi connectivity index (χ2n) is 5.54. The lowest BCUT2D eigenvalue weighted by molar-refractivity contribution is -0.119. The maximum atomic E-state index is 12.1. The van der Waals surface area contributed by atoms with Crippen LogP contribution >= 0.6 is 11.8 Å². The smallest absolute Gasteiger partial charge is 0.321 e. The van der Waals surface area contributed by atoms with E-state index in [9.17, 15) is 9.59 Å². The Kier molecular flexibility index (Phi) is 5.87. The van der Waals surface area contributed by atoms with E-state index in [0.717, 1.165) is 11.3 Å². The molecule has 3 rings (SSSR count). The highest BCUT2D eigenvalue weighted by molar-refractivity contribution is 8.00. The quantitative estimate of drug-likeness (QED) is 0.622. The molecule has 0 radical (unpaired) electrons. The van der Waals surface area contributed by atoms with E-state index in [0.29, 0.717) is 17.5 Å². The number of nitrogens with one attached hydrogen (secondary N) is 2. The highest BCUT2D eigenvalue weighted by atomic mass is 32.2. The van der Waals surface area contributed by atoms with Gasteiger partial charge >= 0.3 is 6.03 Å². The Balaban J connectivity index is 1.87. The fraction of sp³-hybridized carbons (Fsp3) is 0.235. The number of aromatic nitrogens is 4. The highest BCUT2D eigenvalue weighted by Gasteiger charge is 2.22.